The molecule has 1 atom stereocenters. The van der Waals surface area contributed by atoms with Gasteiger partial charge in [0.05, 0.1) is 12.8 Å². The summed E-state index contributed by atoms with van der Waals surface area (Å²) in [5.41, 5.74) is 3.13. The minimum absolute atomic E-state index is 0.280. The molecule has 1 aliphatic rings. The van der Waals surface area contributed by atoms with E-state index < -0.39 is 0 Å². The van der Waals surface area contributed by atoms with Crippen molar-refractivity contribution in [3.63, 3.8) is 0 Å². The number of amides is 1. The van der Waals surface area contributed by atoms with E-state index in [2.05, 4.69) is 15.3 Å². The van der Waals surface area contributed by atoms with E-state index in [9.17, 15) is 4.79 Å². The summed E-state index contributed by atoms with van der Waals surface area (Å²) < 4.78 is 17.4. The van der Waals surface area contributed by atoms with Crippen molar-refractivity contribution < 1.29 is 19.0 Å². The zero-order valence-electron chi connectivity index (χ0n) is 19.8. The molecule has 5 rings (SSSR count). The van der Waals surface area contributed by atoms with Crippen LogP contribution in [0.25, 0.3) is 11.3 Å². The molecule has 0 bridgehead atoms. The number of fused-ring (bicyclic) bond motifs is 1. The molecule has 7 nitrogen and oxygen atoms in total. The van der Waals surface area contributed by atoms with Gasteiger partial charge in [0.15, 0.2) is 0 Å². The average Bonchev–Trinajstić information content (AvgIpc) is 2.90. The normalized spacial score (nSPS) is 14.4. The summed E-state index contributed by atoms with van der Waals surface area (Å²) in [7, 11) is 1.56. The van der Waals surface area contributed by atoms with E-state index in [0.29, 0.717) is 49.3 Å². The number of anilines is 1. The average molecular weight is 510 g/mol. The maximum absolute atomic E-state index is 12.8. The van der Waals surface area contributed by atoms with Crippen LogP contribution in [-0.4, -0.2) is 57.5 Å². The van der Waals surface area contributed by atoms with Crippen molar-refractivity contribution in [2.75, 3.05) is 19.0 Å². The molecule has 3 heterocycles. The largest absolute Gasteiger partial charge is 0.231 e. The van der Waals surface area contributed by atoms with Gasteiger partial charge in [0.1, 0.15) is 5.82 Å². The van der Waals surface area contributed by atoms with Crippen molar-refractivity contribution in [3.05, 3.63) is 89.1 Å². The predicted octanol–water partition coefficient (Wildman–Crippen LogP) is 5.84. The van der Waals surface area contributed by atoms with Gasteiger partial charge >= 0.3 is 151 Å². The van der Waals surface area contributed by atoms with Crippen LogP contribution in [0.5, 0.6) is 23.1 Å². The summed E-state index contributed by atoms with van der Waals surface area (Å²) >= 11 is 7.53. The van der Waals surface area contributed by atoms with Crippen LogP contribution >= 0.6 is 11.6 Å². The zero-order valence-corrected chi connectivity index (χ0v) is 22.6. The number of methoxy groups -OCH3 is 1. The van der Waals surface area contributed by atoms with Gasteiger partial charge in [-0.2, -0.15) is 0 Å². The van der Waals surface area contributed by atoms with Crippen molar-refractivity contribution >= 4 is 51.3 Å². The summed E-state index contributed by atoms with van der Waals surface area (Å²) in [6, 6.07) is 19.7. The topological polar surface area (TPSA) is 82.6 Å². The molecule has 2 aromatic carbocycles. The molecule has 4 aromatic rings. The Labute approximate surface area is 231 Å². The van der Waals surface area contributed by atoms with Crippen molar-refractivity contribution in [3.8, 4) is 34.4 Å². The maximum atomic E-state index is 12.8. The fourth-order valence-corrected chi connectivity index (χ4v) is 4.84. The first-order chi connectivity index (χ1) is 17.5. The molecule has 0 saturated carbocycles. The Kier molecular flexibility index (Phi) is 7.43. The van der Waals surface area contributed by atoms with Gasteiger partial charge in [-0.3, -0.25) is 0 Å². The summed E-state index contributed by atoms with van der Waals surface area (Å²) in [5.74, 6) is 2.60. The maximum Gasteiger partial charge on any atom is 0.0403 e. The Morgan fingerprint density at radius 2 is 1.97 bits per heavy atom. The number of pyridine rings is 2. The zero-order chi connectivity index (χ0) is 25.1. The summed E-state index contributed by atoms with van der Waals surface area (Å²) in [6.45, 7) is 0.709. The minimum Gasteiger partial charge on any atom is -0.231 e. The van der Waals surface area contributed by atoms with E-state index in [1.54, 1.807) is 49.7 Å². The smallest absolute Gasteiger partial charge is 0.0403 e. The summed E-state index contributed by atoms with van der Waals surface area (Å²) in [6.07, 6.45) is 2.70. The van der Waals surface area contributed by atoms with E-state index in [-0.39, 0.29) is 5.91 Å². The number of nitrogens with one attached hydrogen (secondary N) is 1. The Bertz CT molecular complexity index is 1400. The number of hydrogen-bond donors (Lipinski definition) is 1. The van der Waals surface area contributed by atoms with E-state index in [1.807, 2.05) is 30.3 Å². The van der Waals surface area contributed by atoms with E-state index in [1.165, 1.54) is 0 Å². The number of halogens is 1. The first-order valence-corrected chi connectivity index (χ1v) is 13.1. The number of nitrogens with zero attached hydrogens (tertiary/aromatic N) is 2. The second kappa shape index (κ2) is 10.9. The summed E-state index contributed by atoms with van der Waals surface area (Å²) in [4.78, 5) is 21.5. The second-order valence-corrected chi connectivity index (χ2v) is 10.2. The van der Waals surface area contributed by atoms with Gasteiger partial charge in [-0.15, -0.1) is 0 Å². The van der Waals surface area contributed by atoms with Crippen molar-refractivity contribution in [2.45, 2.75) is 9.59 Å². The van der Waals surface area contributed by atoms with Crippen molar-refractivity contribution in [1.82, 2.24) is 9.97 Å². The molecular weight excluding hydrogens is 489 g/mol. The van der Waals surface area contributed by atoms with Crippen LogP contribution in [0.1, 0.15) is 25.5 Å². The van der Waals surface area contributed by atoms with Gasteiger partial charge in [-0.05, 0) is 18.2 Å². The van der Waals surface area contributed by atoms with Gasteiger partial charge in [0.2, 0.25) is 5.88 Å². The molecule has 1 unspecified atom stereocenters. The standard InChI is InChI=1S/C27H21ClN3O4.Na/c1-33-26-12-9-19(16-29-26)22-5-2-6-25(30-22)31-27(32)17-7-10-20(11-8-17)35-24-15-23-18(14-21(24)28)4-3-13-34-23;/h2,4-12,14-16H,3,13H2,1H3,(H,30,31,32);. The predicted molar refractivity (Wildman–Crippen MR) is 139 cm³/mol. The van der Waals surface area contributed by atoms with E-state index in [4.69, 9.17) is 25.8 Å². The fourth-order valence-electron chi connectivity index (χ4n) is 3.95. The molecule has 36 heavy (non-hydrogen) atoms. The Morgan fingerprint density at radius 1 is 1.14 bits per heavy atom. The monoisotopic (exact) mass is 509 g/mol. The third-order valence-corrected chi connectivity index (χ3v) is 7.47. The van der Waals surface area contributed by atoms with Crippen LogP contribution in [0.15, 0.2) is 72.9 Å². The molecule has 0 aliphatic carbocycles. The Morgan fingerprint density at radius 3 is 2.72 bits per heavy atom. The molecule has 0 spiro atoms. The van der Waals surface area contributed by atoms with Crippen LogP contribution in [0.4, 0.5) is 5.82 Å². The molecule has 1 aliphatic heterocycles. The summed E-state index contributed by atoms with van der Waals surface area (Å²) in [5, 5.41) is 3.38. The number of rotatable bonds is 6. The molecule has 1 amide bonds. The van der Waals surface area contributed by atoms with Crippen LogP contribution in [0, 0.1) is 0 Å². The molecule has 0 saturated heterocycles. The third-order valence-electron chi connectivity index (χ3n) is 5.98. The SMILES string of the molecule is COc1ccc(-c2cccc(NC(=O)c3ccc(Oc4cc5c(cc4Cl)[CH]([Na])CCO5)cc3)n2)cn1. The molecule has 0 radical (unpaired) electrons. The number of benzene rings is 2. The minimum atomic E-state index is -0.280. The number of aromatic nitrogens is 2. The van der Waals surface area contributed by atoms with Gasteiger partial charge in [-0.1, -0.05) is 6.07 Å². The third kappa shape index (κ3) is 5.50. The number of carbonyl (C=O) groups excluding carboxylic acids is 1. The van der Waals surface area contributed by atoms with E-state index >= 15 is 0 Å². The molecular formula is C27H21ClN3NaO4. The first-order valence-electron chi connectivity index (χ1n) is 11.5. The molecule has 176 valence electrons. The van der Waals surface area contributed by atoms with Crippen LogP contribution in [0.2, 0.25) is 5.02 Å². The van der Waals surface area contributed by atoms with Crippen LogP contribution < -0.4 is 19.5 Å². The number of ether oxygens (including phenoxy) is 3. The van der Waals surface area contributed by atoms with Gasteiger partial charge in [-0.25, -0.2) is 9.97 Å². The molecule has 0 fully saturated rings. The first kappa shape index (κ1) is 24.6. The van der Waals surface area contributed by atoms with Gasteiger partial charge in [0.25, 0.3) is 0 Å². The number of hydrogen-bond acceptors (Lipinski definition) is 6. The quantitative estimate of drug-likeness (QED) is 0.329. The van der Waals surface area contributed by atoms with Crippen molar-refractivity contribution in [1.29, 1.82) is 0 Å². The Hall–Kier alpha value is -3.10. The molecule has 2 aromatic heterocycles. The Balaban J connectivity index is 1.27. The van der Waals surface area contributed by atoms with Crippen LogP contribution in [0.3, 0.4) is 0 Å². The second-order valence-electron chi connectivity index (χ2n) is 8.44. The molecule has 1 N–H and O–H groups in total. The van der Waals surface area contributed by atoms with Crippen LogP contribution in [-0.2, 0) is 0 Å². The van der Waals surface area contributed by atoms with Gasteiger partial charge in [0, 0.05) is 17.8 Å². The van der Waals surface area contributed by atoms with E-state index in [0.717, 1.165) is 51.2 Å². The number of carbonyl (C=O) groups is 1. The fraction of sp³-hybridized carbons (Fsp3) is 0.148. The van der Waals surface area contributed by atoms with Gasteiger partial charge < -0.3 is 4.74 Å². The molecule has 9 heteroatoms. The van der Waals surface area contributed by atoms with Crippen molar-refractivity contribution in [2.24, 2.45) is 0 Å².